The summed E-state index contributed by atoms with van der Waals surface area (Å²) in [7, 11) is 3.38. The van der Waals surface area contributed by atoms with E-state index in [2.05, 4.69) is 51.1 Å². The zero-order valence-electron chi connectivity index (χ0n) is 13.5. The van der Waals surface area contributed by atoms with E-state index in [9.17, 15) is 0 Å². The van der Waals surface area contributed by atoms with Crippen LogP contribution in [0.15, 0.2) is 30.3 Å². The van der Waals surface area contributed by atoms with Crippen molar-refractivity contribution in [3.05, 3.63) is 34.2 Å². The van der Waals surface area contributed by atoms with E-state index in [1.165, 1.54) is 10.4 Å². The molecule has 0 fully saturated rings. The second-order valence-electron chi connectivity index (χ2n) is 5.38. The Hall–Kier alpha value is -0.750. The van der Waals surface area contributed by atoms with Crippen LogP contribution in [0.4, 0.5) is 0 Å². The summed E-state index contributed by atoms with van der Waals surface area (Å²) >= 11 is 5.19. The normalized spacial score (nSPS) is 11.6. The number of nitrogens with zero attached hydrogens (tertiary/aromatic N) is 1. The van der Waals surface area contributed by atoms with E-state index in [1.54, 1.807) is 20.7 Å². The van der Waals surface area contributed by atoms with Gasteiger partial charge < -0.3 is 9.22 Å². The monoisotopic (exact) mass is 354 g/mol. The maximum atomic E-state index is 5.93. The van der Waals surface area contributed by atoms with Crippen LogP contribution in [0.2, 0.25) is 0 Å². The van der Waals surface area contributed by atoms with Gasteiger partial charge in [-0.15, -0.1) is 0 Å². The van der Waals surface area contributed by atoms with Crippen LogP contribution in [-0.4, -0.2) is 37.3 Å². The highest BCUT2D eigenvalue weighted by atomic mass is 32.9. The molecule has 22 heavy (non-hydrogen) atoms. The first-order valence-corrected chi connectivity index (χ1v) is 10.4. The third-order valence-corrected chi connectivity index (χ3v) is 7.36. The van der Waals surface area contributed by atoms with Crippen LogP contribution < -0.4 is 4.74 Å². The summed E-state index contributed by atoms with van der Waals surface area (Å²) in [6.45, 7) is 12.1. The summed E-state index contributed by atoms with van der Waals surface area (Å²) in [6.07, 6.45) is 0. The summed E-state index contributed by atoms with van der Waals surface area (Å²) in [6, 6.07) is 10.4. The smallest absolute Gasteiger partial charge is 0.137 e. The average molecular weight is 355 g/mol. The lowest BCUT2D eigenvalue weighted by Crippen LogP contribution is -2.49. The largest absolute Gasteiger partial charge is 0.488 e. The van der Waals surface area contributed by atoms with E-state index in [0.717, 1.165) is 46.8 Å². The minimum absolute atomic E-state index is 0.770. The predicted octanol–water partition coefficient (Wildman–Crippen LogP) is 5.46. The number of hydrogen-bond acceptors (Lipinski definition) is 4. The highest BCUT2D eigenvalue weighted by molar-refractivity contribution is 7.80. The molecule has 2 aromatic rings. The Morgan fingerprint density at radius 1 is 1.00 bits per heavy atom. The van der Waals surface area contributed by atoms with E-state index in [4.69, 9.17) is 17.0 Å². The second kappa shape index (κ2) is 8.20. The van der Waals surface area contributed by atoms with Crippen LogP contribution >= 0.6 is 32.9 Å². The van der Waals surface area contributed by atoms with Crippen molar-refractivity contribution in [2.24, 2.45) is 0 Å². The zero-order valence-corrected chi connectivity index (χ0v) is 16.0. The number of benzene rings is 1. The summed E-state index contributed by atoms with van der Waals surface area (Å²) in [5.41, 5.74) is 1.21. The summed E-state index contributed by atoms with van der Waals surface area (Å²) in [5.74, 6) is 0.948. The molecule has 0 unspecified atom stereocenters. The van der Waals surface area contributed by atoms with Crippen LogP contribution in [0.3, 0.4) is 0 Å². The molecule has 0 atom stereocenters. The lowest BCUT2D eigenvalue weighted by molar-refractivity contribution is -0.923. The number of hydrogen-bond donors (Lipinski definition) is 0. The van der Waals surface area contributed by atoms with Gasteiger partial charge in [-0.2, -0.15) is 0 Å². The van der Waals surface area contributed by atoms with Gasteiger partial charge in [0.15, 0.2) is 0 Å². The predicted molar refractivity (Wildman–Crippen MR) is 101 cm³/mol. The minimum Gasteiger partial charge on any atom is -0.488 e. The fourth-order valence-corrected chi connectivity index (χ4v) is 4.99. The van der Waals surface area contributed by atoms with Crippen LogP contribution in [0.1, 0.15) is 20.8 Å². The number of ether oxygens (including phenoxy) is 1. The first-order chi connectivity index (χ1) is 10.6. The molecular formula is C17H24NOS3+. The first kappa shape index (κ1) is 17.6. The average Bonchev–Trinajstić information content (AvgIpc) is 2.99. The van der Waals surface area contributed by atoms with Gasteiger partial charge in [0.2, 0.25) is 0 Å². The zero-order chi connectivity index (χ0) is 16.0. The highest BCUT2D eigenvalue weighted by Gasteiger charge is 2.20. The van der Waals surface area contributed by atoms with Gasteiger partial charge in [0.25, 0.3) is 0 Å². The van der Waals surface area contributed by atoms with E-state index in [0.29, 0.717) is 0 Å². The van der Waals surface area contributed by atoms with Crippen LogP contribution in [0.5, 0.6) is 5.75 Å². The van der Waals surface area contributed by atoms with Gasteiger partial charge in [0.1, 0.15) is 22.7 Å². The third-order valence-electron chi connectivity index (χ3n) is 4.45. The molecule has 2 nitrogen and oxygen atoms in total. The molecule has 0 N–H and O–H groups in total. The van der Waals surface area contributed by atoms with Crippen molar-refractivity contribution < 1.29 is 9.22 Å². The van der Waals surface area contributed by atoms with Crippen LogP contribution in [0.25, 0.3) is 10.4 Å². The van der Waals surface area contributed by atoms with Gasteiger partial charge in [-0.25, -0.2) is 0 Å². The summed E-state index contributed by atoms with van der Waals surface area (Å²) < 4.78 is 8.01. The van der Waals surface area contributed by atoms with E-state index in [-0.39, 0.29) is 0 Å². The minimum atomic E-state index is 0.770. The number of likely N-dealkylation sites (N-methyl/N-ethyl adjacent to an activating group) is 1. The Morgan fingerprint density at radius 3 is 2.14 bits per heavy atom. The molecule has 5 heteroatoms. The number of rotatable bonds is 8. The van der Waals surface area contributed by atoms with Gasteiger partial charge in [-0.3, -0.25) is 0 Å². The third kappa shape index (κ3) is 4.38. The lowest BCUT2D eigenvalue weighted by Gasteiger charge is -2.35. The maximum Gasteiger partial charge on any atom is 0.137 e. The summed E-state index contributed by atoms with van der Waals surface area (Å²) in [5, 5.41) is 0. The molecule has 0 saturated heterocycles. The van der Waals surface area contributed by atoms with Gasteiger partial charge >= 0.3 is 0 Å². The molecule has 120 valence electrons. The molecule has 0 radical (unpaired) electrons. The molecule has 0 amide bonds. The molecule has 0 aliphatic rings. The molecular weight excluding hydrogens is 330 g/mol. The Labute approximate surface area is 146 Å². The van der Waals surface area contributed by atoms with Crippen molar-refractivity contribution in [2.75, 3.05) is 32.8 Å². The van der Waals surface area contributed by atoms with E-state index < -0.39 is 0 Å². The molecule has 0 spiro atoms. The lowest BCUT2D eigenvalue weighted by atomic mass is 10.2. The quantitative estimate of drug-likeness (QED) is 0.353. The van der Waals surface area contributed by atoms with Crippen molar-refractivity contribution in [3.63, 3.8) is 0 Å². The van der Waals surface area contributed by atoms with Crippen molar-refractivity contribution in [1.29, 1.82) is 0 Å². The van der Waals surface area contributed by atoms with Gasteiger partial charge in [0.05, 0.1) is 19.6 Å². The second-order valence-corrected chi connectivity index (χ2v) is 8.29. The highest BCUT2D eigenvalue weighted by Crippen LogP contribution is 2.30. The Balaban J connectivity index is 1.93. The maximum absolute atomic E-state index is 5.93. The van der Waals surface area contributed by atoms with Crippen molar-refractivity contribution >= 4 is 32.9 Å². The van der Waals surface area contributed by atoms with Crippen molar-refractivity contribution in [3.8, 4) is 16.2 Å². The molecule has 1 aromatic heterocycles. The van der Waals surface area contributed by atoms with Gasteiger partial charge in [-0.05, 0) is 56.7 Å². The van der Waals surface area contributed by atoms with Crippen LogP contribution in [-0.2, 0) is 0 Å². The fourth-order valence-electron chi connectivity index (χ4n) is 2.59. The SMILES string of the molecule is CC[N+](CC)(CC)CCOc1ccc(-c2cc(=S)ss2)cc1. The fraction of sp³-hybridized carbons (Fsp3) is 0.471. The molecule has 1 heterocycles. The molecule has 2 rings (SSSR count). The van der Waals surface area contributed by atoms with E-state index in [1.807, 2.05) is 0 Å². The van der Waals surface area contributed by atoms with E-state index >= 15 is 0 Å². The summed E-state index contributed by atoms with van der Waals surface area (Å²) in [4.78, 5) is 1.24. The molecule has 0 bridgehead atoms. The topological polar surface area (TPSA) is 9.23 Å². The van der Waals surface area contributed by atoms with Gasteiger partial charge in [-0.1, -0.05) is 32.9 Å². The molecule has 0 aliphatic heterocycles. The van der Waals surface area contributed by atoms with Crippen LogP contribution in [0, 0.1) is 3.82 Å². The molecule has 0 aliphatic carbocycles. The molecule has 0 saturated carbocycles. The van der Waals surface area contributed by atoms with Crippen molar-refractivity contribution in [1.82, 2.24) is 0 Å². The van der Waals surface area contributed by atoms with Gasteiger partial charge in [0, 0.05) is 4.88 Å². The number of quaternary nitrogens is 1. The Morgan fingerprint density at radius 2 is 1.64 bits per heavy atom. The standard InChI is InChI=1S/C17H24NOS3/c1-4-18(5-2,6-3)11-12-19-15-9-7-14(8-10-15)16-13-17(20)22-21-16/h7-10,13H,4-6,11-12H2,1-3H3/q+1. The Bertz CT molecular complexity index is 618. The molecule has 1 aromatic carbocycles. The Kier molecular flexibility index (Phi) is 6.56. The van der Waals surface area contributed by atoms with Crippen molar-refractivity contribution in [2.45, 2.75) is 20.8 Å². The first-order valence-electron chi connectivity index (χ1n) is 7.81.